The predicted octanol–water partition coefficient (Wildman–Crippen LogP) is 0.956. The minimum Gasteiger partial charge on any atom is -0.393 e. The van der Waals surface area contributed by atoms with Gasteiger partial charge in [-0.3, -0.25) is 9.59 Å². The van der Waals surface area contributed by atoms with Crippen LogP contribution in [0.25, 0.3) is 10.8 Å². The first-order chi connectivity index (χ1) is 10.1. The smallest absolute Gasteiger partial charge is 0.272 e. The highest BCUT2D eigenvalue weighted by molar-refractivity contribution is 6.04. The van der Waals surface area contributed by atoms with Gasteiger partial charge in [0.1, 0.15) is 0 Å². The van der Waals surface area contributed by atoms with Crippen molar-refractivity contribution in [1.82, 2.24) is 15.5 Å². The molecule has 0 spiro atoms. The monoisotopic (exact) mass is 287 g/mol. The zero-order valence-electron chi connectivity index (χ0n) is 11.5. The summed E-state index contributed by atoms with van der Waals surface area (Å²) in [5.41, 5.74) is -0.0968. The predicted molar refractivity (Wildman–Crippen MR) is 78.1 cm³/mol. The van der Waals surface area contributed by atoms with Gasteiger partial charge in [0.15, 0.2) is 5.69 Å². The number of hydrogen-bond donors (Lipinski definition) is 3. The number of aliphatic hydroxyl groups is 1. The molecule has 110 valence electrons. The molecular weight excluding hydrogens is 270 g/mol. The van der Waals surface area contributed by atoms with Crippen LogP contribution in [0.1, 0.15) is 36.2 Å². The van der Waals surface area contributed by atoms with E-state index in [0.717, 1.165) is 19.3 Å². The second kappa shape index (κ2) is 5.65. The van der Waals surface area contributed by atoms with Gasteiger partial charge in [0.05, 0.1) is 11.5 Å². The number of nitrogens with one attached hydrogen (secondary N) is 2. The summed E-state index contributed by atoms with van der Waals surface area (Å²) in [6.45, 7) is 0. The topological polar surface area (TPSA) is 95.1 Å². The normalized spacial score (nSPS) is 22.1. The number of aliphatic hydroxyl groups excluding tert-OH is 1. The van der Waals surface area contributed by atoms with Crippen LogP contribution >= 0.6 is 0 Å². The molecule has 6 heteroatoms. The summed E-state index contributed by atoms with van der Waals surface area (Å²) in [4.78, 5) is 24.1. The zero-order chi connectivity index (χ0) is 14.8. The van der Waals surface area contributed by atoms with E-state index in [4.69, 9.17) is 0 Å². The molecule has 1 aliphatic carbocycles. The highest BCUT2D eigenvalue weighted by Gasteiger charge is 2.23. The third kappa shape index (κ3) is 2.80. The van der Waals surface area contributed by atoms with Gasteiger partial charge in [-0.1, -0.05) is 18.2 Å². The fourth-order valence-corrected chi connectivity index (χ4v) is 2.84. The average Bonchev–Trinajstić information content (AvgIpc) is 2.48. The van der Waals surface area contributed by atoms with Gasteiger partial charge in [-0.25, -0.2) is 5.10 Å². The van der Waals surface area contributed by atoms with E-state index < -0.39 is 0 Å². The number of fused-ring (bicyclic) bond motifs is 1. The van der Waals surface area contributed by atoms with E-state index in [1.165, 1.54) is 0 Å². The summed E-state index contributed by atoms with van der Waals surface area (Å²) in [6, 6.07) is 6.84. The van der Waals surface area contributed by atoms with Crippen molar-refractivity contribution in [2.24, 2.45) is 0 Å². The van der Waals surface area contributed by atoms with E-state index >= 15 is 0 Å². The lowest BCUT2D eigenvalue weighted by Crippen LogP contribution is -2.40. The molecule has 1 amide bonds. The second-order valence-corrected chi connectivity index (χ2v) is 5.44. The highest BCUT2D eigenvalue weighted by atomic mass is 16.3. The Labute approximate surface area is 121 Å². The van der Waals surface area contributed by atoms with E-state index in [-0.39, 0.29) is 29.3 Å². The van der Waals surface area contributed by atoms with E-state index in [0.29, 0.717) is 17.2 Å². The van der Waals surface area contributed by atoms with Crippen LogP contribution in [0.15, 0.2) is 29.1 Å². The Morgan fingerprint density at radius 2 is 2.05 bits per heavy atom. The molecule has 1 heterocycles. The minimum absolute atomic E-state index is 0.0475. The first-order valence-electron chi connectivity index (χ1n) is 7.11. The molecule has 1 aliphatic rings. The van der Waals surface area contributed by atoms with Crippen molar-refractivity contribution in [3.63, 3.8) is 0 Å². The summed E-state index contributed by atoms with van der Waals surface area (Å²) in [5, 5.41) is 19.8. The first-order valence-corrected chi connectivity index (χ1v) is 7.11. The maximum atomic E-state index is 12.4. The molecular formula is C15H17N3O3. The van der Waals surface area contributed by atoms with Gasteiger partial charge < -0.3 is 10.4 Å². The number of benzene rings is 1. The average molecular weight is 287 g/mol. The maximum absolute atomic E-state index is 12.4. The standard InChI is InChI=1S/C15H17N3O3/c19-10-5-3-4-9(8-10)16-15(21)13-11-6-1-2-7-12(11)14(20)18-17-13/h1-2,6-7,9-10,19H,3-5,8H2,(H,16,21)(H,18,20). The van der Waals surface area contributed by atoms with Gasteiger partial charge in [-0.15, -0.1) is 0 Å². The van der Waals surface area contributed by atoms with Crippen LogP contribution in [0, 0.1) is 0 Å². The molecule has 3 N–H and O–H groups in total. The van der Waals surface area contributed by atoms with Crippen LogP contribution in [0.3, 0.4) is 0 Å². The number of H-pyrrole nitrogens is 1. The number of amides is 1. The molecule has 1 saturated carbocycles. The molecule has 21 heavy (non-hydrogen) atoms. The van der Waals surface area contributed by atoms with E-state index in [9.17, 15) is 14.7 Å². The van der Waals surface area contributed by atoms with Crippen molar-refractivity contribution in [3.05, 3.63) is 40.3 Å². The Morgan fingerprint density at radius 3 is 2.81 bits per heavy atom. The van der Waals surface area contributed by atoms with Crippen LogP contribution in [-0.4, -0.2) is 33.4 Å². The Kier molecular flexibility index (Phi) is 3.70. The summed E-state index contributed by atoms with van der Waals surface area (Å²) in [6.07, 6.45) is 2.74. The number of aromatic amines is 1. The SMILES string of the molecule is O=C(NC1CCCC(O)C1)c1n[nH]c(=O)c2ccccc12. The fourth-order valence-electron chi connectivity index (χ4n) is 2.84. The number of carbonyl (C=O) groups excluding carboxylic acids is 1. The summed E-state index contributed by atoms with van der Waals surface area (Å²) < 4.78 is 0. The van der Waals surface area contributed by atoms with Crippen molar-refractivity contribution in [2.45, 2.75) is 37.8 Å². The summed E-state index contributed by atoms with van der Waals surface area (Å²) in [5.74, 6) is -0.318. The summed E-state index contributed by atoms with van der Waals surface area (Å²) in [7, 11) is 0. The first kappa shape index (κ1) is 13.8. The van der Waals surface area contributed by atoms with Crippen LogP contribution in [0.5, 0.6) is 0 Å². The number of aromatic nitrogens is 2. The molecule has 1 aromatic heterocycles. The Balaban J connectivity index is 1.88. The molecule has 6 nitrogen and oxygen atoms in total. The second-order valence-electron chi connectivity index (χ2n) is 5.44. The molecule has 2 atom stereocenters. The van der Waals surface area contributed by atoms with Gasteiger partial charge in [-0.05, 0) is 31.7 Å². The molecule has 0 bridgehead atoms. The maximum Gasteiger partial charge on any atom is 0.272 e. The number of rotatable bonds is 2. The Bertz CT molecular complexity index is 725. The lowest BCUT2D eigenvalue weighted by molar-refractivity contribution is 0.0846. The molecule has 1 aromatic carbocycles. The molecule has 1 fully saturated rings. The Hall–Kier alpha value is -2.21. The highest BCUT2D eigenvalue weighted by Crippen LogP contribution is 2.19. The number of nitrogens with zero attached hydrogens (tertiary/aromatic N) is 1. The van der Waals surface area contributed by atoms with Crippen molar-refractivity contribution in [2.75, 3.05) is 0 Å². The van der Waals surface area contributed by atoms with E-state index in [2.05, 4.69) is 15.5 Å². The largest absolute Gasteiger partial charge is 0.393 e. The van der Waals surface area contributed by atoms with Gasteiger partial charge >= 0.3 is 0 Å². The van der Waals surface area contributed by atoms with Crippen LogP contribution in [0.2, 0.25) is 0 Å². The van der Waals surface area contributed by atoms with Crippen LogP contribution in [0.4, 0.5) is 0 Å². The van der Waals surface area contributed by atoms with Crippen LogP contribution < -0.4 is 10.9 Å². The fraction of sp³-hybridized carbons (Fsp3) is 0.400. The molecule has 0 aliphatic heterocycles. The van der Waals surface area contributed by atoms with Crippen molar-refractivity contribution >= 4 is 16.7 Å². The van der Waals surface area contributed by atoms with Gasteiger partial charge in [-0.2, -0.15) is 5.10 Å². The number of carbonyl (C=O) groups is 1. The van der Waals surface area contributed by atoms with Crippen LogP contribution in [-0.2, 0) is 0 Å². The molecule has 2 unspecified atom stereocenters. The van der Waals surface area contributed by atoms with E-state index in [1.807, 2.05) is 0 Å². The lowest BCUT2D eigenvalue weighted by atomic mass is 9.93. The van der Waals surface area contributed by atoms with Gasteiger partial charge in [0.25, 0.3) is 11.5 Å². The van der Waals surface area contributed by atoms with Crippen molar-refractivity contribution in [1.29, 1.82) is 0 Å². The third-order valence-corrected chi connectivity index (χ3v) is 3.89. The quantitative estimate of drug-likeness (QED) is 0.766. The molecule has 0 saturated heterocycles. The minimum atomic E-state index is -0.357. The van der Waals surface area contributed by atoms with Gasteiger partial charge in [0.2, 0.25) is 0 Å². The Morgan fingerprint density at radius 1 is 1.29 bits per heavy atom. The molecule has 3 rings (SSSR count). The summed E-state index contributed by atoms with van der Waals surface area (Å²) >= 11 is 0. The van der Waals surface area contributed by atoms with Crippen molar-refractivity contribution in [3.8, 4) is 0 Å². The molecule has 2 aromatic rings. The zero-order valence-corrected chi connectivity index (χ0v) is 11.5. The van der Waals surface area contributed by atoms with Gasteiger partial charge in [0, 0.05) is 11.4 Å². The molecule has 0 radical (unpaired) electrons. The number of hydrogen-bond acceptors (Lipinski definition) is 4. The van der Waals surface area contributed by atoms with E-state index in [1.54, 1.807) is 24.3 Å². The van der Waals surface area contributed by atoms with Crippen molar-refractivity contribution < 1.29 is 9.90 Å². The third-order valence-electron chi connectivity index (χ3n) is 3.89. The lowest BCUT2D eigenvalue weighted by Gasteiger charge is -2.26.